The van der Waals surface area contributed by atoms with Gasteiger partial charge in [-0.1, -0.05) is 48.5 Å². The summed E-state index contributed by atoms with van der Waals surface area (Å²) in [6.07, 6.45) is 7.10. The monoisotopic (exact) mass is 351 g/mol. The highest BCUT2D eigenvalue weighted by Crippen LogP contribution is 2.27. The van der Waals surface area contributed by atoms with E-state index < -0.39 is 0 Å². The molecular formula is C17H19Cl2N3O. The molecule has 0 bridgehead atoms. The molecule has 3 rings (SSSR count). The van der Waals surface area contributed by atoms with Crippen LogP contribution >= 0.6 is 23.2 Å². The Balaban J connectivity index is 1.73. The van der Waals surface area contributed by atoms with E-state index in [1.165, 1.54) is 6.42 Å². The van der Waals surface area contributed by atoms with Crippen LogP contribution in [0.5, 0.6) is 0 Å². The summed E-state index contributed by atoms with van der Waals surface area (Å²) in [4.78, 5) is 12.4. The van der Waals surface area contributed by atoms with Crippen LogP contribution in [0.3, 0.4) is 0 Å². The predicted octanol–water partition coefficient (Wildman–Crippen LogP) is 4.76. The molecule has 122 valence electrons. The summed E-state index contributed by atoms with van der Waals surface area (Å²) in [6.45, 7) is 0.422. The van der Waals surface area contributed by atoms with Crippen molar-refractivity contribution in [2.24, 2.45) is 5.92 Å². The Labute approximate surface area is 145 Å². The van der Waals surface area contributed by atoms with Crippen LogP contribution in [0.2, 0.25) is 10.0 Å². The van der Waals surface area contributed by atoms with Crippen molar-refractivity contribution in [2.75, 3.05) is 5.32 Å². The van der Waals surface area contributed by atoms with Crippen molar-refractivity contribution in [3.8, 4) is 0 Å². The topological polar surface area (TPSA) is 46.9 Å². The first-order chi connectivity index (χ1) is 11.1. The van der Waals surface area contributed by atoms with E-state index in [0.717, 1.165) is 31.2 Å². The van der Waals surface area contributed by atoms with Crippen molar-refractivity contribution >= 4 is 34.9 Å². The first kappa shape index (κ1) is 16.3. The van der Waals surface area contributed by atoms with Gasteiger partial charge in [-0.25, -0.2) is 4.68 Å². The zero-order chi connectivity index (χ0) is 16.2. The maximum atomic E-state index is 12.4. The smallest absolute Gasteiger partial charge is 0.228 e. The molecule has 2 aromatic rings. The summed E-state index contributed by atoms with van der Waals surface area (Å²) < 4.78 is 1.72. The van der Waals surface area contributed by atoms with Crippen LogP contribution in [-0.2, 0) is 11.3 Å². The molecule has 1 saturated carbocycles. The fourth-order valence-electron chi connectivity index (χ4n) is 2.99. The molecule has 1 aromatic heterocycles. The van der Waals surface area contributed by atoms with Gasteiger partial charge >= 0.3 is 0 Å². The van der Waals surface area contributed by atoms with Gasteiger partial charge in [0.1, 0.15) is 5.82 Å². The minimum absolute atomic E-state index is 0.0803. The Hall–Kier alpha value is -1.52. The summed E-state index contributed by atoms with van der Waals surface area (Å²) in [6, 6.07) is 7.20. The number of rotatable bonds is 4. The number of nitrogens with one attached hydrogen (secondary N) is 1. The van der Waals surface area contributed by atoms with Gasteiger partial charge in [-0.15, -0.1) is 0 Å². The van der Waals surface area contributed by atoms with Crippen molar-refractivity contribution in [2.45, 2.75) is 38.6 Å². The average Bonchev–Trinajstić information content (AvgIpc) is 2.99. The molecule has 1 aliphatic rings. The zero-order valence-corrected chi connectivity index (χ0v) is 14.3. The molecule has 23 heavy (non-hydrogen) atoms. The van der Waals surface area contributed by atoms with Crippen LogP contribution < -0.4 is 5.32 Å². The molecule has 1 fully saturated rings. The number of nitrogens with zero attached hydrogens (tertiary/aromatic N) is 2. The standard InChI is InChI=1S/C17H19Cl2N3O/c18-14-7-4-8-15(19)13(14)11-22-16(9-10-20-22)21-17(23)12-5-2-1-3-6-12/h4,7-10,12H,1-3,5-6,11H2,(H,21,23). The first-order valence-electron chi connectivity index (χ1n) is 7.90. The Morgan fingerprint density at radius 3 is 2.57 bits per heavy atom. The molecule has 1 N–H and O–H groups in total. The molecule has 0 saturated heterocycles. The largest absolute Gasteiger partial charge is 0.311 e. The average molecular weight is 352 g/mol. The van der Waals surface area contributed by atoms with E-state index in [4.69, 9.17) is 23.2 Å². The molecule has 1 aromatic carbocycles. The number of aromatic nitrogens is 2. The third kappa shape index (κ3) is 3.88. The number of carbonyl (C=O) groups excluding carboxylic acids is 1. The maximum Gasteiger partial charge on any atom is 0.228 e. The Morgan fingerprint density at radius 2 is 1.87 bits per heavy atom. The molecule has 0 radical (unpaired) electrons. The SMILES string of the molecule is O=C(Nc1ccnn1Cc1c(Cl)cccc1Cl)C1CCCCC1. The molecular weight excluding hydrogens is 333 g/mol. The maximum absolute atomic E-state index is 12.4. The number of hydrogen-bond donors (Lipinski definition) is 1. The van der Waals surface area contributed by atoms with Gasteiger partial charge in [0.2, 0.25) is 5.91 Å². The molecule has 1 amide bonds. The van der Waals surface area contributed by atoms with Crippen LogP contribution in [0.25, 0.3) is 0 Å². The van der Waals surface area contributed by atoms with E-state index in [9.17, 15) is 4.79 Å². The summed E-state index contributed by atoms with van der Waals surface area (Å²) in [5.74, 6) is 0.865. The summed E-state index contributed by atoms with van der Waals surface area (Å²) in [5.41, 5.74) is 0.799. The Morgan fingerprint density at radius 1 is 1.17 bits per heavy atom. The lowest BCUT2D eigenvalue weighted by Gasteiger charge is -2.21. The molecule has 1 aliphatic carbocycles. The second-order valence-corrected chi connectivity index (χ2v) is 6.71. The quantitative estimate of drug-likeness (QED) is 0.863. The summed E-state index contributed by atoms with van der Waals surface area (Å²) >= 11 is 12.4. The summed E-state index contributed by atoms with van der Waals surface area (Å²) in [7, 11) is 0. The van der Waals surface area contributed by atoms with E-state index in [1.807, 2.05) is 6.07 Å². The number of carbonyl (C=O) groups is 1. The van der Waals surface area contributed by atoms with Gasteiger partial charge in [0, 0.05) is 27.6 Å². The van der Waals surface area contributed by atoms with Gasteiger partial charge in [-0.2, -0.15) is 5.10 Å². The highest BCUT2D eigenvalue weighted by atomic mass is 35.5. The lowest BCUT2D eigenvalue weighted by Crippen LogP contribution is -2.26. The molecule has 0 aliphatic heterocycles. The van der Waals surface area contributed by atoms with Gasteiger partial charge < -0.3 is 5.32 Å². The second-order valence-electron chi connectivity index (χ2n) is 5.90. The van der Waals surface area contributed by atoms with Crippen LogP contribution in [0.1, 0.15) is 37.7 Å². The van der Waals surface area contributed by atoms with Crippen LogP contribution in [0, 0.1) is 5.92 Å². The van der Waals surface area contributed by atoms with E-state index in [1.54, 1.807) is 29.1 Å². The zero-order valence-electron chi connectivity index (χ0n) is 12.8. The van der Waals surface area contributed by atoms with Crippen LogP contribution in [0.15, 0.2) is 30.5 Å². The second kappa shape index (κ2) is 7.37. The number of anilines is 1. The highest BCUT2D eigenvalue weighted by Gasteiger charge is 2.22. The third-order valence-electron chi connectivity index (χ3n) is 4.31. The van der Waals surface area contributed by atoms with Crippen LogP contribution in [-0.4, -0.2) is 15.7 Å². The fourth-order valence-corrected chi connectivity index (χ4v) is 3.51. The van der Waals surface area contributed by atoms with Crippen molar-refractivity contribution in [3.05, 3.63) is 46.1 Å². The number of amides is 1. The van der Waals surface area contributed by atoms with Crippen molar-refractivity contribution in [1.82, 2.24) is 9.78 Å². The number of benzene rings is 1. The molecule has 0 unspecified atom stereocenters. The van der Waals surface area contributed by atoms with Gasteiger partial charge in [0.25, 0.3) is 0 Å². The highest BCUT2D eigenvalue weighted by molar-refractivity contribution is 6.35. The van der Waals surface area contributed by atoms with E-state index >= 15 is 0 Å². The minimum atomic E-state index is 0.0803. The lowest BCUT2D eigenvalue weighted by atomic mass is 9.89. The number of hydrogen-bond acceptors (Lipinski definition) is 2. The molecule has 1 heterocycles. The number of halogens is 2. The van der Waals surface area contributed by atoms with Gasteiger partial charge in [-0.3, -0.25) is 4.79 Å². The van der Waals surface area contributed by atoms with E-state index in [2.05, 4.69) is 10.4 Å². The minimum Gasteiger partial charge on any atom is -0.311 e. The summed E-state index contributed by atoms with van der Waals surface area (Å²) in [5, 5.41) is 8.46. The molecule has 6 heteroatoms. The van der Waals surface area contributed by atoms with Crippen molar-refractivity contribution in [3.63, 3.8) is 0 Å². The normalized spacial score (nSPS) is 15.6. The van der Waals surface area contributed by atoms with Crippen molar-refractivity contribution in [1.29, 1.82) is 0 Å². The molecule has 0 atom stereocenters. The van der Waals surface area contributed by atoms with Gasteiger partial charge in [0.05, 0.1) is 12.7 Å². The van der Waals surface area contributed by atoms with E-state index in [0.29, 0.717) is 22.4 Å². The lowest BCUT2D eigenvalue weighted by molar-refractivity contribution is -0.120. The van der Waals surface area contributed by atoms with Gasteiger partial charge in [0.15, 0.2) is 0 Å². The Kier molecular flexibility index (Phi) is 5.23. The molecule has 0 spiro atoms. The van der Waals surface area contributed by atoms with E-state index in [-0.39, 0.29) is 11.8 Å². The van der Waals surface area contributed by atoms with Crippen LogP contribution in [0.4, 0.5) is 5.82 Å². The Bertz CT molecular complexity index is 673. The van der Waals surface area contributed by atoms with Gasteiger partial charge in [-0.05, 0) is 25.0 Å². The predicted molar refractivity (Wildman–Crippen MR) is 93.0 cm³/mol. The van der Waals surface area contributed by atoms with Crippen molar-refractivity contribution < 1.29 is 4.79 Å². The fraction of sp³-hybridized carbons (Fsp3) is 0.412. The molecule has 4 nitrogen and oxygen atoms in total. The first-order valence-corrected chi connectivity index (χ1v) is 8.66. The third-order valence-corrected chi connectivity index (χ3v) is 5.02.